The number of rotatable bonds is 4. The van der Waals surface area contributed by atoms with Gasteiger partial charge in [0.2, 0.25) is 0 Å². The number of halogens is 1. The minimum Gasteiger partial charge on any atom is -0.399 e. The van der Waals surface area contributed by atoms with Crippen LogP contribution in [-0.2, 0) is 0 Å². The first-order chi connectivity index (χ1) is 6.63. The number of anilines is 2. The van der Waals surface area contributed by atoms with E-state index in [4.69, 9.17) is 10.8 Å². The summed E-state index contributed by atoms with van der Waals surface area (Å²) >= 11 is 2.24. The van der Waals surface area contributed by atoms with E-state index in [1.54, 1.807) is 0 Å². The number of nitrogens with two attached hydrogens (primary N) is 1. The van der Waals surface area contributed by atoms with E-state index in [1.807, 2.05) is 25.1 Å². The Labute approximate surface area is 97.8 Å². The molecule has 0 aliphatic heterocycles. The highest BCUT2D eigenvalue weighted by Gasteiger charge is 2.02. The van der Waals surface area contributed by atoms with E-state index in [9.17, 15) is 0 Å². The molecule has 14 heavy (non-hydrogen) atoms. The molecule has 0 aromatic heterocycles. The van der Waals surface area contributed by atoms with Crippen molar-refractivity contribution in [3.63, 3.8) is 0 Å². The summed E-state index contributed by atoms with van der Waals surface area (Å²) < 4.78 is 1.10. The summed E-state index contributed by atoms with van der Waals surface area (Å²) in [6.07, 6.45) is 0. The molecule has 0 saturated heterocycles. The summed E-state index contributed by atoms with van der Waals surface area (Å²) in [7, 11) is 0. The molecule has 0 heterocycles. The molecule has 0 fully saturated rings. The zero-order valence-electron chi connectivity index (χ0n) is 8.13. The molecule has 4 heteroatoms. The molecule has 0 amide bonds. The van der Waals surface area contributed by atoms with E-state index >= 15 is 0 Å². The monoisotopic (exact) mass is 306 g/mol. The van der Waals surface area contributed by atoms with Gasteiger partial charge in [-0.3, -0.25) is 0 Å². The van der Waals surface area contributed by atoms with E-state index in [0.29, 0.717) is 0 Å². The Morgan fingerprint density at radius 1 is 1.57 bits per heavy atom. The average molecular weight is 306 g/mol. The van der Waals surface area contributed by atoms with Gasteiger partial charge in [-0.2, -0.15) is 0 Å². The second-order valence-electron chi connectivity index (χ2n) is 3.41. The smallest absolute Gasteiger partial charge is 0.0477 e. The molecule has 0 aliphatic carbocycles. The second kappa shape index (κ2) is 5.41. The molecule has 0 radical (unpaired) electrons. The van der Waals surface area contributed by atoms with Gasteiger partial charge in [-0.1, -0.05) is 6.92 Å². The lowest BCUT2D eigenvalue weighted by atomic mass is 10.2. The van der Waals surface area contributed by atoms with Crippen LogP contribution in [0.4, 0.5) is 11.4 Å². The van der Waals surface area contributed by atoms with E-state index < -0.39 is 0 Å². The maximum Gasteiger partial charge on any atom is 0.0477 e. The molecule has 4 N–H and O–H groups in total. The second-order valence-corrected chi connectivity index (χ2v) is 4.57. The van der Waals surface area contributed by atoms with Crippen molar-refractivity contribution in [2.75, 3.05) is 24.2 Å². The molecule has 1 aromatic rings. The third-order valence-corrected chi connectivity index (χ3v) is 2.84. The van der Waals surface area contributed by atoms with Gasteiger partial charge in [0.15, 0.2) is 0 Å². The molecule has 1 atom stereocenters. The van der Waals surface area contributed by atoms with Crippen molar-refractivity contribution < 1.29 is 5.11 Å². The number of nitrogens with one attached hydrogen (secondary N) is 1. The lowest BCUT2D eigenvalue weighted by molar-refractivity contribution is 0.244. The Bertz CT molecular complexity index is 304. The Morgan fingerprint density at radius 3 is 2.86 bits per heavy atom. The van der Waals surface area contributed by atoms with Crippen LogP contribution >= 0.6 is 22.6 Å². The van der Waals surface area contributed by atoms with Crippen LogP contribution in [0.5, 0.6) is 0 Å². The summed E-state index contributed by atoms with van der Waals surface area (Å²) in [4.78, 5) is 0. The van der Waals surface area contributed by atoms with Crippen molar-refractivity contribution in [1.29, 1.82) is 0 Å². The van der Waals surface area contributed by atoms with Gasteiger partial charge in [0.25, 0.3) is 0 Å². The first-order valence-electron chi connectivity index (χ1n) is 4.53. The summed E-state index contributed by atoms with van der Waals surface area (Å²) in [5.74, 6) is 0.267. The van der Waals surface area contributed by atoms with E-state index in [1.165, 1.54) is 0 Å². The molecule has 3 nitrogen and oxygen atoms in total. The number of aliphatic hydroxyl groups excluding tert-OH is 1. The van der Waals surface area contributed by atoms with Crippen molar-refractivity contribution in [3.8, 4) is 0 Å². The van der Waals surface area contributed by atoms with E-state index in [0.717, 1.165) is 21.5 Å². The maximum atomic E-state index is 8.86. The zero-order valence-corrected chi connectivity index (χ0v) is 10.3. The van der Waals surface area contributed by atoms with E-state index in [2.05, 4.69) is 27.9 Å². The minimum atomic E-state index is 0.207. The predicted octanol–water partition coefficient (Wildman–Crippen LogP) is 1.91. The minimum absolute atomic E-state index is 0.207. The molecular weight excluding hydrogens is 291 g/mol. The van der Waals surface area contributed by atoms with Gasteiger partial charge in [0.05, 0.1) is 0 Å². The molecular formula is C10H15IN2O. The van der Waals surface area contributed by atoms with Gasteiger partial charge in [0.1, 0.15) is 0 Å². The Morgan fingerprint density at radius 2 is 2.29 bits per heavy atom. The quantitative estimate of drug-likeness (QED) is 0.588. The molecule has 78 valence electrons. The lowest BCUT2D eigenvalue weighted by Crippen LogP contribution is -2.15. The van der Waals surface area contributed by atoms with Gasteiger partial charge in [0, 0.05) is 28.1 Å². The number of hydrogen-bond acceptors (Lipinski definition) is 3. The van der Waals surface area contributed by atoms with E-state index in [-0.39, 0.29) is 12.5 Å². The highest BCUT2D eigenvalue weighted by atomic mass is 127. The third-order valence-electron chi connectivity index (χ3n) is 1.95. The lowest BCUT2D eigenvalue weighted by Gasteiger charge is -2.12. The fraction of sp³-hybridized carbons (Fsp3) is 0.400. The highest BCUT2D eigenvalue weighted by molar-refractivity contribution is 14.1. The molecule has 1 unspecified atom stereocenters. The first-order valence-corrected chi connectivity index (χ1v) is 5.61. The van der Waals surface area contributed by atoms with Crippen molar-refractivity contribution in [2.24, 2.45) is 5.92 Å². The number of benzene rings is 1. The van der Waals surface area contributed by atoms with Crippen LogP contribution in [0, 0.1) is 9.49 Å². The van der Waals surface area contributed by atoms with Crippen molar-refractivity contribution in [3.05, 3.63) is 21.8 Å². The summed E-state index contributed by atoms with van der Waals surface area (Å²) in [6, 6.07) is 5.75. The number of hydrogen-bond donors (Lipinski definition) is 3. The summed E-state index contributed by atoms with van der Waals surface area (Å²) in [6.45, 7) is 2.98. The Hall–Kier alpha value is -0.490. The van der Waals surface area contributed by atoms with Crippen LogP contribution in [0.25, 0.3) is 0 Å². The van der Waals surface area contributed by atoms with Crippen LogP contribution < -0.4 is 11.1 Å². The van der Waals surface area contributed by atoms with Gasteiger partial charge >= 0.3 is 0 Å². The SMILES string of the molecule is CC(CO)CNc1ccc(N)cc1I. The molecule has 0 aliphatic rings. The summed E-state index contributed by atoms with van der Waals surface area (Å²) in [5.41, 5.74) is 7.48. The predicted molar refractivity (Wildman–Crippen MR) is 68.3 cm³/mol. The van der Waals surface area contributed by atoms with Gasteiger partial charge in [-0.05, 0) is 46.7 Å². The first kappa shape index (κ1) is 11.6. The van der Waals surface area contributed by atoms with Crippen molar-refractivity contribution in [2.45, 2.75) is 6.92 Å². The largest absolute Gasteiger partial charge is 0.399 e. The van der Waals surface area contributed by atoms with Crippen LogP contribution in [0.15, 0.2) is 18.2 Å². The molecule has 1 aromatic carbocycles. The van der Waals surface area contributed by atoms with Crippen LogP contribution in [0.3, 0.4) is 0 Å². The molecule has 0 saturated carbocycles. The fourth-order valence-corrected chi connectivity index (χ4v) is 1.75. The Kier molecular flexibility index (Phi) is 4.47. The number of aliphatic hydroxyl groups is 1. The topological polar surface area (TPSA) is 58.3 Å². The number of nitrogen functional groups attached to an aromatic ring is 1. The van der Waals surface area contributed by atoms with Crippen molar-refractivity contribution in [1.82, 2.24) is 0 Å². The normalized spacial score (nSPS) is 12.5. The van der Waals surface area contributed by atoms with Gasteiger partial charge < -0.3 is 16.2 Å². The molecule has 0 bridgehead atoms. The maximum absolute atomic E-state index is 8.86. The third kappa shape index (κ3) is 3.34. The van der Waals surface area contributed by atoms with Crippen LogP contribution in [0.2, 0.25) is 0 Å². The molecule has 0 spiro atoms. The average Bonchev–Trinajstić information content (AvgIpc) is 2.16. The molecule has 1 rings (SSSR count). The van der Waals surface area contributed by atoms with Gasteiger partial charge in [-0.15, -0.1) is 0 Å². The van der Waals surface area contributed by atoms with Crippen molar-refractivity contribution >= 4 is 34.0 Å². The standard InChI is InChI=1S/C10H15IN2O/c1-7(6-14)5-13-10-3-2-8(12)4-9(10)11/h2-4,7,13-14H,5-6,12H2,1H3. The Balaban J connectivity index is 2.59. The zero-order chi connectivity index (χ0) is 10.6. The van der Waals surface area contributed by atoms with Crippen LogP contribution in [0.1, 0.15) is 6.92 Å². The van der Waals surface area contributed by atoms with Gasteiger partial charge in [-0.25, -0.2) is 0 Å². The van der Waals surface area contributed by atoms with Crippen LogP contribution in [-0.4, -0.2) is 18.3 Å². The highest BCUT2D eigenvalue weighted by Crippen LogP contribution is 2.20. The summed E-state index contributed by atoms with van der Waals surface area (Å²) in [5, 5.41) is 12.1. The fourth-order valence-electron chi connectivity index (χ4n) is 1.02.